The third-order valence-corrected chi connectivity index (χ3v) is 4.04. The van der Waals surface area contributed by atoms with Gasteiger partial charge < -0.3 is 10.6 Å². The molecule has 0 aliphatic carbocycles. The fourth-order valence-electron chi connectivity index (χ4n) is 2.36. The zero-order valence-corrected chi connectivity index (χ0v) is 12.9. The molecule has 1 aliphatic heterocycles. The van der Waals surface area contributed by atoms with E-state index >= 15 is 0 Å². The Morgan fingerprint density at radius 2 is 1.95 bits per heavy atom. The number of nitrogens with zero attached hydrogens (tertiary/aromatic N) is 1. The highest BCUT2D eigenvalue weighted by Crippen LogP contribution is 2.25. The van der Waals surface area contributed by atoms with Crippen molar-refractivity contribution in [3.8, 4) is 0 Å². The van der Waals surface area contributed by atoms with Gasteiger partial charge in [0.25, 0.3) is 5.91 Å². The molecule has 1 aromatic rings. The zero-order valence-electron chi connectivity index (χ0n) is 10.5. The molecule has 0 radical (unpaired) electrons. The summed E-state index contributed by atoms with van der Waals surface area (Å²) in [5, 5.41) is 0. The number of thiocarbonyl (C=S) groups is 1. The van der Waals surface area contributed by atoms with E-state index in [1.807, 2.05) is 0 Å². The second kappa shape index (κ2) is 6.13. The van der Waals surface area contributed by atoms with E-state index in [0.717, 1.165) is 25.0 Å². The van der Waals surface area contributed by atoms with Gasteiger partial charge in [-0.3, -0.25) is 4.79 Å². The Bertz CT molecular complexity index is 544. The van der Waals surface area contributed by atoms with Crippen molar-refractivity contribution < 1.29 is 13.6 Å². The second-order valence-corrected chi connectivity index (χ2v) is 6.04. The number of hydrogen-bond donors (Lipinski definition) is 1. The average Bonchev–Trinajstić information content (AvgIpc) is 2.37. The molecular weight excluding hydrogens is 350 g/mol. The van der Waals surface area contributed by atoms with Crippen LogP contribution in [0.25, 0.3) is 0 Å². The van der Waals surface area contributed by atoms with Crippen molar-refractivity contribution in [2.75, 3.05) is 6.54 Å². The van der Waals surface area contributed by atoms with Gasteiger partial charge in [-0.2, -0.15) is 0 Å². The van der Waals surface area contributed by atoms with Crippen LogP contribution >= 0.6 is 28.1 Å². The summed E-state index contributed by atoms with van der Waals surface area (Å²) in [5.74, 6) is -2.49. The molecule has 2 rings (SSSR count). The number of amides is 1. The number of rotatable bonds is 2. The molecule has 1 amide bonds. The largest absolute Gasteiger partial charge is 0.392 e. The van der Waals surface area contributed by atoms with E-state index in [1.54, 1.807) is 0 Å². The van der Waals surface area contributed by atoms with Crippen LogP contribution in [0.4, 0.5) is 8.78 Å². The van der Waals surface area contributed by atoms with Crippen LogP contribution in [-0.4, -0.2) is 28.4 Å². The van der Waals surface area contributed by atoms with Crippen LogP contribution in [0.15, 0.2) is 16.6 Å². The lowest BCUT2D eigenvalue weighted by Gasteiger charge is -2.35. The van der Waals surface area contributed by atoms with Gasteiger partial charge in [0, 0.05) is 11.0 Å². The van der Waals surface area contributed by atoms with Gasteiger partial charge in [-0.1, -0.05) is 28.1 Å². The van der Waals surface area contributed by atoms with E-state index in [9.17, 15) is 13.6 Å². The molecule has 0 spiro atoms. The summed E-state index contributed by atoms with van der Waals surface area (Å²) >= 11 is 7.92. The normalized spacial score (nSPS) is 18.9. The van der Waals surface area contributed by atoms with Crippen LogP contribution in [0.2, 0.25) is 0 Å². The summed E-state index contributed by atoms with van der Waals surface area (Å²) in [6, 6.07) is 1.69. The molecule has 0 aromatic heterocycles. The van der Waals surface area contributed by atoms with Crippen molar-refractivity contribution in [3.05, 3.63) is 33.8 Å². The van der Waals surface area contributed by atoms with Crippen molar-refractivity contribution in [2.45, 2.75) is 25.3 Å². The van der Waals surface area contributed by atoms with E-state index in [4.69, 9.17) is 18.0 Å². The minimum Gasteiger partial charge on any atom is -0.392 e. The quantitative estimate of drug-likeness (QED) is 0.822. The minimum atomic E-state index is -0.894. The number of piperidine rings is 1. The number of nitrogens with two attached hydrogens (primary N) is 1. The third kappa shape index (κ3) is 2.98. The Kier molecular flexibility index (Phi) is 4.70. The summed E-state index contributed by atoms with van der Waals surface area (Å²) in [6.45, 7) is 0.399. The van der Waals surface area contributed by atoms with E-state index in [0.29, 0.717) is 13.0 Å². The van der Waals surface area contributed by atoms with Crippen molar-refractivity contribution >= 4 is 39.0 Å². The van der Waals surface area contributed by atoms with Crippen molar-refractivity contribution in [3.63, 3.8) is 0 Å². The Morgan fingerprint density at radius 3 is 2.50 bits per heavy atom. The van der Waals surface area contributed by atoms with Crippen molar-refractivity contribution in [1.82, 2.24) is 4.90 Å². The first kappa shape index (κ1) is 15.3. The Hall–Kier alpha value is -1.08. The molecule has 0 saturated carbocycles. The lowest BCUT2D eigenvalue weighted by Crippen LogP contribution is -2.50. The number of halogens is 3. The first-order valence-corrected chi connectivity index (χ1v) is 7.36. The Labute approximate surface area is 129 Å². The highest BCUT2D eigenvalue weighted by Gasteiger charge is 2.32. The van der Waals surface area contributed by atoms with Gasteiger partial charge in [0.1, 0.15) is 17.2 Å². The van der Waals surface area contributed by atoms with Crippen LogP contribution in [0, 0.1) is 11.6 Å². The molecule has 7 heteroatoms. The van der Waals surface area contributed by atoms with E-state index in [1.165, 1.54) is 4.90 Å². The maximum absolute atomic E-state index is 13.9. The maximum Gasteiger partial charge on any atom is 0.260 e. The first-order valence-electron chi connectivity index (χ1n) is 6.16. The van der Waals surface area contributed by atoms with Gasteiger partial charge in [0.05, 0.1) is 11.0 Å². The standard InChI is InChI=1S/C13H13BrF2N2OS/c14-7-5-8(15)11(9(16)6-7)13(19)18-4-2-1-3-10(18)12(17)20/h5-6,10H,1-4H2,(H2,17,20). The fourth-order valence-corrected chi connectivity index (χ4v) is 3.01. The molecule has 3 nitrogen and oxygen atoms in total. The van der Waals surface area contributed by atoms with Crippen LogP contribution < -0.4 is 5.73 Å². The lowest BCUT2D eigenvalue weighted by atomic mass is 10.0. The van der Waals surface area contributed by atoms with E-state index in [-0.39, 0.29) is 9.46 Å². The summed E-state index contributed by atoms with van der Waals surface area (Å²) in [6.07, 6.45) is 2.28. The number of hydrogen-bond acceptors (Lipinski definition) is 2. The molecule has 2 N–H and O–H groups in total. The molecule has 1 atom stereocenters. The average molecular weight is 363 g/mol. The van der Waals surface area contributed by atoms with Crippen LogP contribution in [0.5, 0.6) is 0 Å². The predicted molar refractivity (Wildman–Crippen MR) is 79.5 cm³/mol. The second-order valence-electron chi connectivity index (χ2n) is 4.66. The smallest absolute Gasteiger partial charge is 0.260 e. The molecule has 1 heterocycles. The number of carbonyl (C=O) groups excluding carboxylic acids is 1. The first-order chi connectivity index (χ1) is 9.41. The monoisotopic (exact) mass is 362 g/mol. The van der Waals surface area contributed by atoms with Crippen molar-refractivity contribution in [1.29, 1.82) is 0 Å². The van der Waals surface area contributed by atoms with Crippen LogP contribution in [-0.2, 0) is 0 Å². The van der Waals surface area contributed by atoms with Crippen molar-refractivity contribution in [2.24, 2.45) is 5.73 Å². The lowest BCUT2D eigenvalue weighted by molar-refractivity contribution is 0.0671. The number of likely N-dealkylation sites (tertiary alicyclic amines) is 1. The molecule has 1 aliphatic rings. The Morgan fingerprint density at radius 1 is 1.35 bits per heavy atom. The summed E-state index contributed by atoms with van der Waals surface area (Å²) in [5.41, 5.74) is 5.06. The topological polar surface area (TPSA) is 46.3 Å². The van der Waals surface area contributed by atoms with Gasteiger partial charge in [-0.15, -0.1) is 0 Å². The van der Waals surface area contributed by atoms with E-state index in [2.05, 4.69) is 15.9 Å². The van der Waals surface area contributed by atoms with Gasteiger partial charge in [0.15, 0.2) is 0 Å². The third-order valence-electron chi connectivity index (χ3n) is 3.31. The molecule has 0 bridgehead atoms. The van der Waals surface area contributed by atoms with Crippen LogP contribution in [0.3, 0.4) is 0 Å². The number of benzene rings is 1. The highest BCUT2D eigenvalue weighted by atomic mass is 79.9. The molecule has 1 unspecified atom stereocenters. The molecule has 20 heavy (non-hydrogen) atoms. The summed E-state index contributed by atoms with van der Waals surface area (Å²) in [7, 11) is 0. The molecule has 1 saturated heterocycles. The molecular formula is C13H13BrF2N2OS. The fraction of sp³-hybridized carbons (Fsp3) is 0.385. The van der Waals surface area contributed by atoms with Gasteiger partial charge in [-0.25, -0.2) is 8.78 Å². The predicted octanol–water partition coefficient (Wildman–Crippen LogP) is 3.01. The molecule has 108 valence electrons. The Balaban J connectivity index is 2.37. The van der Waals surface area contributed by atoms with Gasteiger partial charge in [0.2, 0.25) is 0 Å². The molecule has 1 fully saturated rings. The van der Waals surface area contributed by atoms with Crippen LogP contribution in [0.1, 0.15) is 29.6 Å². The minimum absolute atomic E-state index is 0.177. The van der Waals surface area contributed by atoms with Gasteiger partial charge >= 0.3 is 0 Å². The van der Waals surface area contributed by atoms with E-state index < -0.39 is 29.1 Å². The summed E-state index contributed by atoms with van der Waals surface area (Å²) < 4.78 is 28.0. The number of carbonyl (C=O) groups is 1. The summed E-state index contributed by atoms with van der Waals surface area (Å²) in [4.78, 5) is 13.9. The highest BCUT2D eigenvalue weighted by molar-refractivity contribution is 9.10. The van der Waals surface area contributed by atoms with Gasteiger partial charge in [-0.05, 0) is 31.4 Å². The SMILES string of the molecule is NC(=S)C1CCCCN1C(=O)c1c(F)cc(Br)cc1F. The maximum atomic E-state index is 13.9. The molecule has 1 aromatic carbocycles. The zero-order chi connectivity index (χ0) is 14.9.